The lowest BCUT2D eigenvalue weighted by molar-refractivity contribution is -0.131. The molecule has 0 saturated carbocycles. The smallest absolute Gasteiger partial charge is 0.275 e. The Hall–Kier alpha value is -2.90. The van der Waals surface area contributed by atoms with Crippen molar-refractivity contribution < 1.29 is 14.3 Å². The van der Waals surface area contributed by atoms with E-state index in [-0.39, 0.29) is 5.91 Å². The first-order valence-electron chi connectivity index (χ1n) is 8.25. The van der Waals surface area contributed by atoms with Gasteiger partial charge >= 0.3 is 0 Å². The summed E-state index contributed by atoms with van der Waals surface area (Å²) in [6.07, 6.45) is 0.911. The molecule has 7 nitrogen and oxygen atoms in total. The number of ether oxygens (including phenoxy) is 2. The Balaban J connectivity index is 1.65. The van der Waals surface area contributed by atoms with Gasteiger partial charge in [-0.2, -0.15) is 0 Å². The minimum Gasteiger partial charge on any atom is -0.481 e. The summed E-state index contributed by atoms with van der Waals surface area (Å²) in [6.45, 7) is 1.68. The van der Waals surface area contributed by atoms with E-state index in [0.717, 1.165) is 0 Å². The highest BCUT2D eigenvalue weighted by Crippen LogP contribution is 2.24. The number of amides is 1. The molecule has 0 aliphatic heterocycles. The van der Waals surface area contributed by atoms with Gasteiger partial charge in [0.2, 0.25) is 5.88 Å². The normalized spacial score (nSPS) is 12.0. The Morgan fingerprint density at radius 2 is 1.81 bits per heavy atom. The number of hydrazine groups is 1. The minimum atomic E-state index is -0.627. The first-order chi connectivity index (χ1) is 12.9. The molecule has 1 heterocycles. The van der Waals surface area contributed by atoms with Gasteiger partial charge in [-0.15, -0.1) is 0 Å². The van der Waals surface area contributed by atoms with Crippen LogP contribution in [0.2, 0.25) is 5.02 Å². The van der Waals surface area contributed by atoms with Crippen molar-refractivity contribution in [3.05, 3.63) is 53.7 Å². The molecule has 0 bridgehead atoms. The molecule has 8 heteroatoms. The zero-order valence-corrected chi connectivity index (χ0v) is 15.9. The van der Waals surface area contributed by atoms with Crippen molar-refractivity contribution in [1.82, 2.24) is 20.4 Å². The van der Waals surface area contributed by atoms with E-state index in [1.54, 1.807) is 68.5 Å². The molecule has 1 atom stereocenters. The van der Waals surface area contributed by atoms with Gasteiger partial charge in [0.25, 0.3) is 5.91 Å². The van der Waals surface area contributed by atoms with E-state index in [4.69, 9.17) is 21.1 Å². The van der Waals surface area contributed by atoms with Crippen LogP contribution < -0.4 is 14.9 Å². The van der Waals surface area contributed by atoms with Crippen LogP contribution in [0, 0.1) is 0 Å². The van der Waals surface area contributed by atoms with Crippen molar-refractivity contribution in [3.63, 3.8) is 0 Å². The van der Waals surface area contributed by atoms with E-state index in [1.165, 1.54) is 6.20 Å². The Morgan fingerprint density at radius 3 is 2.52 bits per heavy atom. The van der Waals surface area contributed by atoms with Crippen LogP contribution in [0.5, 0.6) is 17.4 Å². The molecule has 3 rings (SSSR count). The second kappa shape index (κ2) is 8.20. The van der Waals surface area contributed by atoms with Crippen molar-refractivity contribution in [3.8, 4) is 17.4 Å². The van der Waals surface area contributed by atoms with Crippen LogP contribution in [-0.2, 0) is 4.79 Å². The number of halogens is 1. The molecule has 0 fully saturated rings. The third-order valence-electron chi connectivity index (χ3n) is 3.54. The maximum absolute atomic E-state index is 11.9. The molecule has 0 aliphatic carbocycles. The minimum absolute atomic E-state index is 0.230. The Labute approximate surface area is 161 Å². The molecule has 1 unspecified atom stereocenters. The third kappa shape index (κ3) is 5.06. The van der Waals surface area contributed by atoms with Crippen LogP contribution in [0.25, 0.3) is 11.0 Å². The standard InChI is InChI=1S/C19H19ClN4O3/c1-12(19(25)23-24(2)3)26-14-5-7-15(8-6-14)27-18-11-21-17-10-13(20)4-9-16(17)22-18/h4-12H,1-3H3,(H,23,25). The summed E-state index contributed by atoms with van der Waals surface area (Å²) < 4.78 is 11.3. The second-order valence-corrected chi connectivity index (χ2v) is 6.48. The van der Waals surface area contributed by atoms with E-state index in [1.807, 2.05) is 0 Å². The van der Waals surface area contributed by atoms with Gasteiger partial charge in [-0.3, -0.25) is 10.2 Å². The number of rotatable bonds is 6. The highest BCUT2D eigenvalue weighted by molar-refractivity contribution is 6.31. The molecular weight excluding hydrogens is 368 g/mol. The molecule has 1 amide bonds. The van der Waals surface area contributed by atoms with Crippen LogP contribution in [-0.4, -0.2) is 41.1 Å². The molecule has 3 aromatic rings. The summed E-state index contributed by atoms with van der Waals surface area (Å²) in [4.78, 5) is 20.6. The number of carbonyl (C=O) groups excluding carboxylic acids is 1. The van der Waals surface area contributed by atoms with Gasteiger partial charge < -0.3 is 9.47 Å². The lowest BCUT2D eigenvalue weighted by Crippen LogP contribution is -2.43. The van der Waals surface area contributed by atoms with Crippen LogP contribution in [0.4, 0.5) is 0 Å². The lowest BCUT2D eigenvalue weighted by atomic mass is 10.3. The summed E-state index contributed by atoms with van der Waals surface area (Å²) in [7, 11) is 3.47. The van der Waals surface area contributed by atoms with E-state index >= 15 is 0 Å². The molecular formula is C19H19ClN4O3. The predicted molar refractivity (Wildman–Crippen MR) is 103 cm³/mol. The summed E-state index contributed by atoms with van der Waals surface area (Å²) in [5.74, 6) is 1.28. The molecule has 0 radical (unpaired) electrons. The fraction of sp³-hybridized carbons (Fsp3) is 0.211. The molecule has 140 valence electrons. The first-order valence-corrected chi connectivity index (χ1v) is 8.63. The van der Waals surface area contributed by atoms with Gasteiger partial charge in [0.15, 0.2) is 6.10 Å². The number of nitrogens with one attached hydrogen (secondary N) is 1. The number of carbonyl (C=O) groups is 1. The topological polar surface area (TPSA) is 76.6 Å². The van der Waals surface area contributed by atoms with Crippen LogP contribution in [0.3, 0.4) is 0 Å². The number of benzene rings is 2. The maximum atomic E-state index is 11.9. The predicted octanol–water partition coefficient (Wildman–Crippen LogP) is 3.44. The number of aromatic nitrogens is 2. The summed E-state index contributed by atoms with van der Waals surface area (Å²) in [6, 6.07) is 12.2. The summed E-state index contributed by atoms with van der Waals surface area (Å²) >= 11 is 5.94. The summed E-state index contributed by atoms with van der Waals surface area (Å²) in [5, 5.41) is 2.17. The van der Waals surface area contributed by atoms with Gasteiger partial charge in [-0.1, -0.05) is 11.6 Å². The van der Waals surface area contributed by atoms with Gasteiger partial charge in [0.1, 0.15) is 11.5 Å². The van der Waals surface area contributed by atoms with Crippen molar-refractivity contribution in [2.75, 3.05) is 14.1 Å². The number of fused-ring (bicyclic) bond motifs is 1. The van der Waals surface area contributed by atoms with E-state index < -0.39 is 6.10 Å². The Bertz CT molecular complexity index is 947. The van der Waals surface area contributed by atoms with Crippen molar-refractivity contribution >= 4 is 28.5 Å². The van der Waals surface area contributed by atoms with Crippen LogP contribution >= 0.6 is 11.6 Å². The van der Waals surface area contributed by atoms with Gasteiger partial charge in [0.05, 0.1) is 17.2 Å². The maximum Gasteiger partial charge on any atom is 0.275 e. The van der Waals surface area contributed by atoms with E-state index in [9.17, 15) is 4.79 Å². The second-order valence-electron chi connectivity index (χ2n) is 6.05. The molecule has 0 aliphatic rings. The molecule has 0 saturated heterocycles. The van der Waals surface area contributed by atoms with Crippen LogP contribution in [0.1, 0.15) is 6.92 Å². The molecule has 27 heavy (non-hydrogen) atoms. The van der Waals surface area contributed by atoms with E-state index in [2.05, 4.69) is 15.4 Å². The average molecular weight is 387 g/mol. The van der Waals surface area contributed by atoms with Crippen molar-refractivity contribution in [2.24, 2.45) is 0 Å². The lowest BCUT2D eigenvalue weighted by Gasteiger charge is -2.18. The van der Waals surface area contributed by atoms with Crippen molar-refractivity contribution in [2.45, 2.75) is 13.0 Å². The Morgan fingerprint density at radius 1 is 1.11 bits per heavy atom. The number of hydrogen-bond donors (Lipinski definition) is 1. The third-order valence-corrected chi connectivity index (χ3v) is 3.78. The molecule has 1 aromatic heterocycles. The van der Waals surface area contributed by atoms with Gasteiger partial charge in [0, 0.05) is 19.1 Å². The summed E-state index contributed by atoms with van der Waals surface area (Å²) in [5.41, 5.74) is 4.04. The van der Waals surface area contributed by atoms with Crippen LogP contribution in [0.15, 0.2) is 48.7 Å². The quantitative estimate of drug-likeness (QED) is 0.654. The largest absolute Gasteiger partial charge is 0.481 e. The average Bonchev–Trinajstić information content (AvgIpc) is 2.63. The monoisotopic (exact) mass is 386 g/mol. The number of hydrogen-bond acceptors (Lipinski definition) is 6. The first kappa shape index (κ1) is 18.9. The number of nitrogens with zero attached hydrogens (tertiary/aromatic N) is 3. The SMILES string of the molecule is CC(Oc1ccc(Oc2cnc3cc(Cl)ccc3n2)cc1)C(=O)NN(C)C. The fourth-order valence-electron chi connectivity index (χ4n) is 2.29. The zero-order chi connectivity index (χ0) is 19.4. The fourth-order valence-corrected chi connectivity index (χ4v) is 2.46. The highest BCUT2D eigenvalue weighted by Gasteiger charge is 2.15. The van der Waals surface area contributed by atoms with Gasteiger partial charge in [-0.05, 0) is 49.4 Å². The Kier molecular flexibility index (Phi) is 5.73. The molecule has 2 aromatic carbocycles. The highest BCUT2D eigenvalue weighted by atomic mass is 35.5. The molecule has 1 N–H and O–H groups in total. The van der Waals surface area contributed by atoms with E-state index in [0.29, 0.717) is 33.4 Å². The molecule has 0 spiro atoms. The van der Waals surface area contributed by atoms with Crippen molar-refractivity contribution in [1.29, 1.82) is 0 Å². The zero-order valence-electron chi connectivity index (χ0n) is 15.1. The van der Waals surface area contributed by atoms with Gasteiger partial charge in [-0.25, -0.2) is 15.0 Å².